The number of benzene rings is 2. The molecular formula is C21H23NO3. The number of rotatable bonds is 4. The Balaban J connectivity index is 1.62. The molecule has 1 amide bonds. The maximum atomic E-state index is 12.6. The van der Waals surface area contributed by atoms with Gasteiger partial charge < -0.3 is 9.64 Å². The monoisotopic (exact) mass is 337 g/mol. The number of Topliss-reactive ketones (excluding diaryl/α,β-unsaturated/α-hetero) is 1. The average molecular weight is 337 g/mol. The van der Waals surface area contributed by atoms with Gasteiger partial charge in [0, 0.05) is 30.1 Å². The summed E-state index contributed by atoms with van der Waals surface area (Å²) in [7, 11) is 1.59. The highest BCUT2D eigenvalue weighted by Crippen LogP contribution is 2.24. The summed E-state index contributed by atoms with van der Waals surface area (Å²) in [6.45, 7) is 3.23. The highest BCUT2D eigenvalue weighted by Gasteiger charge is 2.28. The van der Waals surface area contributed by atoms with Crippen LogP contribution >= 0.6 is 0 Å². The number of hydrogen-bond donors (Lipinski definition) is 0. The van der Waals surface area contributed by atoms with E-state index in [1.807, 2.05) is 48.2 Å². The third kappa shape index (κ3) is 3.90. The number of nitrogens with zero attached hydrogens (tertiary/aromatic N) is 1. The smallest absolute Gasteiger partial charge is 0.253 e. The first-order chi connectivity index (χ1) is 12.1. The van der Waals surface area contributed by atoms with Crippen LogP contribution in [0.2, 0.25) is 0 Å². The van der Waals surface area contributed by atoms with E-state index in [9.17, 15) is 9.59 Å². The van der Waals surface area contributed by atoms with E-state index in [0.717, 1.165) is 11.1 Å². The van der Waals surface area contributed by atoms with Gasteiger partial charge in [0.15, 0.2) is 5.78 Å². The molecule has 1 saturated heterocycles. The number of likely N-dealkylation sites (tertiary alicyclic amines) is 1. The summed E-state index contributed by atoms with van der Waals surface area (Å²) in [5, 5.41) is 0. The molecule has 1 heterocycles. The van der Waals surface area contributed by atoms with Crippen molar-refractivity contribution in [2.45, 2.75) is 19.8 Å². The second-order valence-electron chi connectivity index (χ2n) is 6.53. The van der Waals surface area contributed by atoms with Gasteiger partial charge >= 0.3 is 0 Å². The van der Waals surface area contributed by atoms with Crippen LogP contribution in [0.25, 0.3) is 0 Å². The standard InChI is InChI=1S/C21H23NO3/c1-15-6-8-16(9-7-15)20(23)17-10-12-22(13-11-17)21(24)18-4-3-5-19(14-18)25-2/h3-9,14,17H,10-13H2,1-2H3. The highest BCUT2D eigenvalue weighted by molar-refractivity contribution is 5.98. The molecule has 1 fully saturated rings. The molecular weight excluding hydrogens is 314 g/mol. The molecule has 0 radical (unpaired) electrons. The van der Waals surface area contributed by atoms with Crippen molar-refractivity contribution >= 4 is 11.7 Å². The second-order valence-corrected chi connectivity index (χ2v) is 6.53. The van der Waals surface area contributed by atoms with E-state index in [-0.39, 0.29) is 17.6 Å². The Morgan fingerprint density at radius 2 is 1.68 bits per heavy atom. The van der Waals surface area contributed by atoms with Gasteiger partial charge in [-0.05, 0) is 38.0 Å². The lowest BCUT2D eigenvalue weighted by atomic mass is 9.88. The molecule has 0 aromatic heterocycles. The SMILES string of the molecule is COc1cccc(C(=O)N2CCC(C(=O)c3ccc(C)cc3)CC2)c1. The van der Waals surface area contributed by atoms with E-state index in [4.69, 9.17) is 4.74 Å². The summed E-state index contributed by atoms with van der Waals surface area (Å²) in [4.78, 5) is 27.1. The van der Waals surface area contributed by atoms with Crippen molar-refractivity contribution in [2.24, 2.45) is 5.92 Å². The van der Waals surface area contributed by atoms with Gasteiger partial charge in [0.25, 0.3) is 5.91 Å². The zero-order valence-electron chi connectivity index (χ0n) is 14.7. The molecule has 2 aromatic carbocycles. The number of carbonyl (C=O) groups is 2. The van der Waals surface area contributed by atoms with Crippen LogP contribution in [0.4, 0.5) is 0 Å². The molecule has 4 heteroatoms. The van der Waals surface area contributed by atoms with E-state index < -0.39 is 0 Å². The number of ketones is 1. The van der Waals surface area contributed by atoms with Crippen LogP contribution in [0.3, 0.4) is 0 Å². The molecule has 2 aromatic rings. The topological polar surface area (TPSA) is 46.6 Å². The Morgan fingerprint density at radius 1 is 1.00 bits per heavy atom. The summed E-state index contributed by atoms with van der Waals surface area (Å²) in [6, 6.07) is 14.9. The minimum absolute atomic E-state index is 0.000125. The molecule has 1 aliphatic heterocycles. The molecule has 4 nitrogen and oxygen atoms in total. The van der Waals surface area contributed by atoms with Gasteiger partial charge in [0.2, 0.25) is 0 Å². The van der Waals surface area contributed by atoms with Crippen molar-refractivity contribution in [1.29, 1.82) is 0 Å². The summed E-state index contributed by atoms with van der Waals surface area (Å²) in [5.74, 6) is 0.862. The second kappa shape index (κ2) is 7.51. The molecule has 0 bridgehead atoms. The van der Waals surface area contributed by atoms with Crippen molar-refractivity contribution in [3.05, 3.63) is 65.2 Å². The predicted molar refractivity (Wildman–Crippen MR) is 97.1 cm³/mol. The van der Waals surface area contributed by atoms with Crippen molar-refractivity contribution in [3.8, 4) is 5.75 Å². The van der Waals surface area contributed by atoms with Gasteiger partial charge in [-0.3, -0.25) is 9.59 Å². The number of piperidine rings is 1. The van der Waals surface area contributed by atoms with Gasteiger partial charge in [0.1, 0.15) is 5.75 Å². The van der Waals surface area contributed by atoms with Gasteiger partial charge in [-0.25, -0.2) is 0 Å². The molecule has 0 N–H and O–H groups in total. The van der Waals surface area contributed by atoms with Crippen LogP contribution in [0.5, 0.6) is 5.75 Å². The largest absolute Gasteiger partial charge is 0.497 e. The van der Waals surface area contributed by atoms with Crippen molar-refractivity contribution in [3.63, 3.8) is 0 Å². The van der Waals surface area contributed by atoms with E-state index in [1.165, 1.54) is 0 Å². The molecule has 3 rings (SSSR count). The van der Waals surface area contributed by atoms with Crippen molar-refractivity contribution in [1.82, 2.24) is 4.90 Å². The Labute approximate surface area is 148 Å². The summed E-state index contributed by atoms with van der Waals surface area (Å²) >= 11 is 0. The molecule has 0 aliphatic carbocycles. The minimum atomic E-state index is -0.00272. The molecule has 0 unspecified atom stereocenters. The molecule has 1 aliphatic rings. The van der Waals surface area contributed by atoms with Gasteiger partial charge in [-0.2, -0.15) is 0 Å². The third-order valence-electron chi connectivity index (χ3n) is 4.81. The van der Waals surface area contributed by atoms with E-state index >= 15 is 0 Å². The lowest BCUT2D eigenvalue weighted by molar-refractivity contribution is 0.0650. The van der Waals surface area contributed by atoms with Crippen LogP contribution in [-0.4, -0.2) is 36.8 Å². The number of aryl methyl sites for hydroxylation is 1. The first-order valence-electron chi connectivity index (χ1n) is 8.62. The van der Waals surface area contributed by atoms with Crippen molar-refractivity contribution < 1.29 is 14.3 Å². The molecule has 130 valence electrons. The lowest BCUT2D eigenvalue weighted by Crippen LogP contribution is -2.40. The van der Waals surface area contributed by atoms with Crippen molar-refractivity contribution in [2.75, 3.05) is 20.2 Å². The lowest BCUT2D eigenvalue weighted by Gasteiger charge is -2.31. The Hall–Kier alpha value is -2.62. The fourth-order valence-corrected chi connectivity index (χ4v) is 3.24. The predicted octanol–water partition coefficient (Wildman–Crippen LogP) is 3.74. The van der Waals surface area contributed by atoms with Crippen LogP contribution in [0, 0.1) is 12.8 Å². The molecule has 0 spiro atoms. The van der Waals surface area contributed by atoms with E-state index in [0.29, 0.717) is 37.2 Å². The van der Waals surface area contributed by atoms with Crippen LogP contribution in [-0.2, 0) is 0 Å². The quantitative estimate of drug-likeness (QED) is 0.799. The fraction of sp³-hybridized carbons (Fsp3) is 0.333. The maximum Gasteiger partial charge on any atom is 0.253 e. The zero-order chi connectivity index (χ0) is 17.8. The minimum Gasteiger partial charge on any atom is -0.497 e. The Bertz CT molecular complexity index is 759. The number of ether oxygens (including phenoxy) is 1. The normalized spacial score (nSPS) is 15.0. The first kappa shape index (κ1) is 17.2. The molecule has 25 heavy (non-hydrogen) atoms. The Morgan fingerprint density at radius 3 is 2.32 bits per heavy atom. The number of amides is 1. The summed E-state index contributed by atoms with van der Waals surface area (Å²) < 4.78 is 5.18. The zero-order valence-corrected chi connectivity index (χ0v) is 14.7. The highest BCUT2D eigenvalue weighted by atomic mass is 16.5. The number of hydrogen-bond acceptors (Lipinski definition) is 3. The molecule has 0 saturated carbocycles. The van der Waals surface area contributed by atoms with Gasteiger partial charge in [-0.1, -0.05) is 35.9 Å². The van der Waals surface area contributed by atoms with E-state index in [2.05, 4.69) is 0 Å². The van der Waals surface area contributed by atoms with Gasteiger partial charge in [0.05, 0.1) is 7.11 Å². The number of carbonyl (C=O) groups excluding carboxylic acids is 2. The van der Waals surface area contributed by atoms with Gasteiger partial charge in [-0.15, -0.1) is 0 Å². The number of methoxy groups -OCH3 is 1. The Kier molecular flexibility index (Phi) is 5.17. The van der Waals surface area contributed by atoms with E-state index in [1.54, 1.807) is 19.2 Å². The maximum absolute atomic E-state index is 12.6. The third-order valence-corrected chi connectivity index (χ3v) is 4.81. The summed E-state index contributed by atoms with van der Waals surface area (Å²) in [5.41, 5.74) is 2.54. The average Bonchev–Trinajstić information content (AvgIpc) is 2.67. The first-order valence-corrected chi connectivity index (χ1v) is 8.62. The van der Waals surface area contributed by atoms with Crippen LogP contribution < -0.4 is 4.74 Å². The molecule has 0 atom stereocenters. The van der Waals surface area contributed by atoms with Crippen LogP contribution in [0.1, 0.15) is 39.1 Å². The summed E-state index contributed by atoms with van der Waals surface area (Å²) in [6.07, 6.45) is 1.42. The van der Waals surface area contributed by atoms with Crippen LogP contribution in [0.15, 0.2) is 48.5 Å². The fourth-order valence-electron chi connectivity index (χ4n) is 3.24.